The van der Waals surface area contributed by atoms with Gasteiger partial charge in [0.2, 0.25) is 0 Å². The van der Waals surface area contributed by atoms with Gasteiger partial charge in [0, 0.05) is 25.0 Å². The lowest BCUT2D eigenvalue weighted by molar-refractivity contribution is -0.170. The average Bonchev–Trinajstić information content (AvgIpc) is 2.53. The highest BCUT2D eigenvalue weighted by Gasteiger charge is 2.44. The van der Waals surface area contributed by atoms with E-state index >= 15 is 0 Å². The number of methoxy groups -OCH3 is 2. The minimum Gasteiger partial charge on any atom is -0.467 e. The van der Waals surface area contributed by atoms with Crippen LogP contribution in [-0.4, -0.2) is 46.2 Å². The lowest BCUT2D eigenvalue weighted by Crippen LogP contribution is -2.44. The molecule has 6 nitrogen and oxygen atoms in total. The summed E-state index contributed by atoms with van der Waals surface area (Å²) in [5.74, 6) is 0.531. The van der Waals surface area contributed by atoms with Crippen LogP contribution < -0.4 is 0 Å². The Kier molecular flexibility index (Phi) is 5.28. The first-order valence-electron chi connectivity index (χ1n) is 7.24. The largest absolute Gasteiger partial charge is 0.467 e. The number of esters is 1. The summed E-state index contributed by atoms with van der Waals surface area (Å²) < 4.78 is 21.9. The molecule has 1 atom stereocenters. The number of aromatic nitrogens is 2. The highest BCUT2D eigenvalue weighted by atomic mass is 32.2. The van der Waals surface area contributed by atoms with E-state index in [0.717, 1.165) is 18.5 Å². The highest BCUT2D eigenvalue weighted by Crippen LogP contribution is 2.39. The van der Waals surface area contributed by atoms with Crippen molar-refractivity contribution in [1.82, 2.24) is 9.97 Å². The van der Waals surface area contributed by atoms with Crippen LogP contribution in [0.5, 0.6) is 0 Å². The van der Waals surface area contributed by atoms with Gasteiger partial charge in [0.05, 0.1) is 17.9 Å². The summed E-state index contributed by atoms with van der Waals surface area (Å²) in [5, 5.41) is 0.555. The molecule has 1 aliphatic rings. The predicted octanol–water partition coefficient (Wildman–Crippen LogP) is 1.74. The zero-order valence-corrected chi connectivity index (χ0v) is 14.2. The first-order chi connectivity index (χ1) is 10.4. The van der Waals surface area contributed by atoms with Crippen molar-refractivity contribution in [2.75, 3.05) is 20.5 Å². The van der Waals surface area contributed by atoms with Crippen LogP contribution in [0.25, 0.3) is 0 Å². The van der Waals surface area contributed by atoms with Crippen LogP contribution in [0.15, 0.2) is 11.1 Å². The molecule has 2 rings (SSSR count). The summed E-state index contributed by atoms with van der Waals surface area (Å²) in [4.78, 5) is 20.8. The molecule has 1 fully saturated rings. The van der Waals surface area contributed by atoms with Crippen LogP contribution >= 0.6 is 0 Å². The maximum absolute atomic E-state index is 11.9. The van der Waals surface area contributed by atoms with Gasteiger partial charge in [-0.2, -0.15) is 0 Å². The number of rotatable bonds is 4. The van der Waals surface area contributed by atoms with Gasteiger partial charge in [-0.15, -0.1) is 0 Å². The van der Waals surface area contributed by atoms with Gasteiger partial charge in [-0.3, -0.25) is 4.21 Å². The summed E-state index contributed by atoms with van der Waals surface area (Å²) in [5.41, 5.74) is -0.0439. The van der Waals surface area contributed by atoms with Crippen molar-refractivity contribution in [1.29, 1.82) is 0 Å². The molecular weight excluding hydrogens is 304 g/mol. The van der Waals surface area contributed by atoms with Crippen LogP contribution in [0.2, 0.25) is 0 Å². The Labute approximate surface area is 133 Å². The number of aryl methyl sites for hydroxylation is 1. The Bertz CT molecular complexity index is 583. The van der Waals surface area contributed by atoms with Crippen molar-refractivity contribution in [3.05, 3.63) is 17.6 Å². The van der Waals surface area contributed by atoms with Crippen molar-refractivity contribution >= 4 is 16.8 Å². The number of carbonyl (C=O) groups excluding carboxylic acids is 1. The number of carbonyl (C=O) groups is 1. The lowest BCUT2D eigenvalue weighted by Gasteiger charge is -2.36. The van der Waals surface area contributed by atoms with E-state index in [0.29, 0.717) is 23.7 Å². The molecule has 0 aliphatic heterocycles. The Balaban J connectivity index is 2.18. The van der Waals surface area contributed by atoms with Crippen LogP contribution in [0.1, 0.15) is 43.1 Å². The first kappa shape index (κ1) is 17.0. The Morgan fingerprint density at radius 1 is 1.32 bits per heavy atom. The maximum Gasteiger partial charge on any atom is 0.338 e. The fourth-order valence-corrected chi connectivity index (χ4v) is 3.47. The second kappa shape index (κ2) is 6.83. The van der Waals surface area contributed by atoms with E-state index in [4.69, 9.17) is 9.47 Å². The molecule has 1 aliphatic carbocycles. The topological polar surface area (TPSA) is 78.4 Å². The number of hydrogen-bond acceptors (Lipinski definition) is 6. The van der Waals surface area contributed by atoms with Crippen molar-refractivity contribution in [3.8, 4) is 0 Å². The molecule has 0 aromatic carbocycles. The van der Waals surface area contributed by atoms with E-state index in [1.165, 1.54) is 7.11 Å². The summed E-state index contributed by atoms with van der Waals surface area (Å²) in [6.45, 7) is 1.87. The van der Waals surface area contributed by atoms with Crippen molar-refractivity contribution in [2.45, 2.75) is 49.2 Å². The van der Waals surface area contributed by atoms with E-state index in [9.17, 15) is 9.00 Å². The zero-order valence-electron chi connectivity index (χ0n) is 13.4. The molecule has 0 saturated heterocycles. The van der Waals surface area contributed by atoms with Gasteiger partial charge in [0.15, 0.2) is 5.60 Å². The molecule has 7 heteroatoms. The number of nitrogens with zero attached hydrogens (tertiary/aromatic N) is 2. The third-order valence-corrected chi connectivity index (χ3v) is 5.05. The highest BCUT2D eigenvalue weighted by molar-refractivity contribution is 7.84. The number of hydrogen-bond donors (Lipinski definition) is 0. The summed E-state index contributed by atoms with van der Waals surface area (Å²) >= 11 is 0. The fraction of sp³-hybridized carbons (Fsp3) is 0.667. The van der Waals surface area contributed by atoms with Crippen LogP contribution in [-0.2, 0) is 25.1 Å². The second-order valence-electron chi connectivity index (χ2n) is 5.62. The maximum atomic E-state index is 11.9. The molecule has 0 amide bonds. The third kappa shape index (κ3) is 3.35. The minimum absolute atomic E-state index is 0.148. The van der Waals surface area contributed by atoms with Crippen LogP contribution in [0.4, 0.5) is 0 Å². The predicted molar refractivity (Wildman–Crippen MR) is 82.1 cm³/mol. The molecule has 0 N–H and O–H groups in total. The van der Waals surface area contributed by atoms with Crippen LogP contribution in [0, 0.1) is 6.92 Å². The van der Waals surface area contributed by atoms with E-state index in [1.54, 1.807) is 19.4 Å². The molecule has 0 spiro atoms. The van der Waals surface area contributed by atoms with Gasteiger partial charge < -0.3 is 9.47 Å². The van der Waals surface area contributed by atoms with E-state index in [1.807, 2.05) is 6.92 Å². The van der Waals surface area contributed by atoms with E-state index < -0.39 is 16.4 Å². The second-order valence-corrected chi connectivity index (χ2v) is 6.95. The molecule has 0 bridgehead atoms. The molecule has 1 aromatic rings. The average molecular weight is 326 g/mol. The van der Waals surface area contributed by atoms with Gasteiger partial charge in [-0.25, -0.2) is 14.8 Å². The molecular formula is C15H22N2O4S. The summed E-state index contributed by atoms with van der Waals surface area (Å²) in [6.07, 6.45) is 4.23. The third-order valence-electron chi connectivity index (χ3n) is 4.25. The van der Waals surface area contributed by atoms with Crippen molar-refractivity contribution in [2.24, 2.45) is 0 Å². The van der Waals surface area contributed by atoms with Gasteiger partial charge in [-0.1, -0.05) is 0 Å². The Hall–Kier alpha value is -1.34. The van der Waals surface area contributed by atoms with Gasteiger partial charge >= 0.3 is 5.97 Å². The standard InChI is InChI=1S/C15H22N2O4S/c1-10-9-12(22(4)19)17-13(16-10)11-5-7-15(21-3,8-6-11)14(18)20-2/h9,11H,5-8H2,1-4H3. The zero-order chi connectivity index (χ0) is 16.3. The SMILES string of the molecule is COC(=O)C1(OC)CCC(c2nc(C)cc(S(C)=O)n2)CC1. The normalized spacial score (nSPS) is 26.5. The van der Waals surface area contributed by atoms with Gasteiger partial charge in [-0.05, 0) is 38.7 Å². The Morgan fingerprint density at radius 3 is 2.45 bits per heavy atom. The summed E-state index contributed by atoms with van der Waals surface area (Å²) in [7, 11) is 1.79. The van der Waals surface area contributed by atoms with E-state index in [-0.39, 0.29) is 11.9 Å². The monoisotopic (exact) mass is 326 g/mol. The lowest BCUT2D eigenvalue weighted by atomic mass is 9.78. The van der Waals surface area contributed by atoms with E-state index in [2.05, 4.69) is 9.97 Å². The summed E-state index contributed by atoms with van der Waals surface area (Å²) in [6, 6.07) is 1.75. The quantitative estimate of drug-likeness (QED) is 0.619. The van der Waals surface area contributed by atoms with Crippen molar-refractivity contribution in [3.63, 3.8) is 0 Å². The minimum atomic E-state index is -1.13. The fourth-order valence-electron chi connectivity index (χ4n) is 2.91. The smallest absolute Gasteiger partial charge is 0.338 e. The molecule has 1 heterocycles. The molecule has 22 heavy (non-hydrogen) atoms. The Morgan fingerprint density at radius 2 is 1.95 bits per heavy atom. The van der Waals surface area contributed by atoms with Crippen LogP contribution in [0.3, 0.4) is 0 Å². The van der Waals surface area contributed by atoms with Gasteiger partial charge in [0.25, 0.3) is 0 Å². The molecule has 1 unspecified atom stereocenters. The molecule has 0 radical (unpaired) electrons. The van der Waals surface area contributed by atoms with Crippen molar-refractivity contribution < 1.29 is 18.5 Å². The first-order valence-corrected chi connectivity index (χ1v) is 8.80. The van der Waals surface area contributed by atoms with Gasteiger partial charge in [0.1, 0.15) is 10.9 Å². The molecule has 122 valence electrons. The molecule has 1 aromatic heterocycles. The molecule has 1 saturated carbocycles. The number of ether oxygens (including phenoxy) is 2.